The molecule has 5 heteroatoms. The van der Waals surface area contributed by atoms with E-state index in [0.717, 1.165) is 31.2 Å². The Balaban J connectivity index is 1.43. The molecule has 1 saturated carbocycles. The molecule has 24 heavy (non-hydrogen) atoms. The summed E-state index contributed by atoms with van der Waals surface area (Å²) in [6, 6.07) is 16.6. The van der Waals surface area contributed by atoms with E-state index in [1.807, 2.05) is 43.2 Å². The first-order chi connectivity index (χ1) is 11.8. The normalized spacial score (nSPS) is 15.8. The lowest BCUT2D eigenvalue weighted by Crippen LogP contribution is -2.41. The van der Waals surface area contributed by atoms with Crippen molar-refractivity contribution in [2.75, 3.05) is 20.1 Å². The van der Waals surface area contributed by atoms with Gasteiger partial charge in [-0.25, -0.2) is 0 Å². The van der Waals surface area contributed by atoms with Crippen molar-refractivity contribution < 1.29 is 0 Å². The molecule has 3 rings (SSSR count). The molecular formula is C19H24N4S. The van der Waals surface area contributed by atoms with Gasteiger partial charge < -0.3 is 10.6 Å². The van der Waals surface area contributed by atoms with Gasteiger partial charge in [-0.2, -0.15) is 0 Å². The lowest BCUT2D eigenvalue weighted by Gasteiger charge is -2.18. The Hall–Kier alpha value is -2.01. The molecule has 1 aliphatic carbocycles. The van der Waals surface area contributed by atoms with E-state index >= 15 is 0 Å². The van der Waals surface area contributed by atoms with Crippen molar-refractivity contribution >= 4 is 17.7 Å². The SMILES string of the molecule is CN=C(NCCc1ccccn1)NCC1(Sc2ccccc2)CC1. The Morgan fingerprint density at radius 1 is 1.12 bits per heavy atom. The molecule has 126 valence electrons. The summed E-state index contributed by atoms with van der Waals surface area (Å²) in [7, 11) is 1.82. The van der Waals surface area contributed by atoms with Gasteiger partial charge in [0.05, 0.1) is 0 Å². The zero-order chi connectivity index (χ0) is 16.7. The monoisotopic (exact) mass is 340 g/mol. The number of hydrogen-bond donors (Lipinski definition) is 2. The third-order valence-electron chi connectivity index (χ3n) is 4.09. The van der Waals surface area contributed by atoms with Crippen molar-refractivity contribution in [3.05, 3.63) is 60.4 Å². The lowest BCUT2D eigenvalue weighted by molar-refractivity contribution is 0.755. The Bertz CT molecular complexity index is 654. The molecule has 0 radical (unpaired) electrons. The number of pyridine rings is 1. The molecule has 0 bridgehead atoms. The molecule has 0 aliphatic heterocycles. The van der Waals surface area contributed by atoms with Gasteiger partial charge in [0.25, 0.3) is 0 Å². The van der Waals surface area contributed by atoms with Crippen molar-refractivity contribution in [2.24, 2.45) is 4.99 Å². The van der Waals surface area contributed by atoms with Crippen LogP contribution in [0.4, 0.5) is 0 Å². The van der Waals surface area contributed by atoms with Crippen LogP contribution in [0.15, 0.2) is 64.6 Å². The Labute approximate surface area is 148 Å². The summed E-state index contributed by atoms with van der Waals surface area (Å²) in [6.45, 7) is 1.77. The van der Waals surface area contributed by atoms with Crippen LogP contribution in [0, 0.1) is 0 Å². The van der Waals surface area contributed by atoms with Gasteiger partial charge in [-0.15, -0.1) is 11.8 Å². The average Bonchev–Trinajstić information content (AvgIpc) is 3.39. The van der Waals surface area contributed by atoms with E-state index in [9.17, 15) is 0 Å². The molecule has 2 aromatic rings. The zero-order valence-electron chi connectivity index (χ0n) is 14.0. The van der Waals surface area contributed by atoms with Crippen molar-refractivity contribution in [3.63, 3.8) is 0 Å². The van der Waals surface area contributed by atoms with Gasteiger partial charge in [0.15, 0.2) is 5.96 Å². The number of thioether (sulfide) groups is 1. The van der Waals surface area contributed by atoms with Gasteiger partial charge in [0, 0.05) is 48.1 Å². The summed E-state index contributed by atoms with van der Waals surface area (Å²) >= 11 is 1.97. The maximum Gasteiger partial charge on any atom is 0.191 e. The first-order valence-electron chi connectivity index (χ1n) is 8.38. The summed E-state index contributed by atoms with van der Waals surface area (Å²) in [5, 5.41) is 6.85. The smallest absolute Gasteiger partial charge is 0.191 e. The van der Waals surface area contributed by atoms with Crippen LogP contribution in [-0.4, -0.2) is 35.8 Å². The average molecular weight is 340 g/mol. The van der Waals surface area contributed by atoms with Crippen molar-refractivity contribution in [1.82, 2.24) is 15.6 Å². The van der Waals surface area contributed by atoms with E-state index in [4.69, 9.17) is 0 Å². The highest BCUT2D eigenvalue weighted by Gasteiger charge is 2.43. The molecule has 1 heterocycles. The molecule has 1 aliphatic rings. The van der Waals surface area contributed by atoms with Crippen LogP contribution < -0.4 is 10.6 Å². The molecule has 0 saturated heterocycles. The second-order valence-electron chi connectivity index (χ2n) is 6.02. The van der Waals surface area contributed by atoms with Gasteiger partial charge in [-0.3, -0.25) is 9.98 Å². The Morgan fingerprint density at radius 3 is 2.58 bits per heavy atom. The van der Waals surface area contributed by atoms with E-state index < -0.39 is 0 Å². The standard InChI is InChI=1S/C19H24N4S/c1-20-18(22-14-10-16-7-5-6-13-21-16)23-15-19(11-12-19)24-17-8-3-2-4-9-17/h2-9,13H,10-12,14-15H2,1H3,(H2,20,22,23). The third kappa shape index (κ3) is 4.99. The van der Waals surface area contributed by atoms with Crippen LogP contribution in [0.25, 0.3) is 0 Å². The second-order valence-corrected chi connectivity index (χ2v) is 7.56. The number of nitrogens with zero attached hydrogens (tertiary/aromatic N) is 2. The number of aromatic nitrogens is 1. The van der Waals surface area contributed by atoms with Crippen molar-refractivity contribution in [2.45, 2.75) is 28.9 Å². The van der Waals surface area contributed by atoms with Crippen LogP contribution in [-0.2, 0) is 6.42 Å². The Morgan fingerprint density at radius 2 is 1.92 bits per heavy atom. The van der Waals surface area contributed by atoms with Crippen LogP contribution in [0.3, 0.4) is 0 Å². The minimum Gasteiger partial charge on any atom is -0.356 e. The molecule has 4 nitrogen and oxygen atoms in total. The number of nitrogens with one attached hydrogen (secondary N) is 2. The largest absolute Gasteiger partial charge is 0.356 e. The molecule has 0 spiro atoms. The van der Waals surface area contributed by atoms with E-state index in [1.54, 1.807) is 0 Å². The summed E-state index contributed by atoms with van der Waals surface area (Å²) in [5.74, 6) is 0.867. The predicted molar refractivity (Wildman–Crippen MR) is 102 cm³/mol. The van der Waals surface area contributed by atoms with Crippen LogP contribution in [0.1, 0.15) is 18.5 Å². The maximum absolute atomic E-state index is 4.34. The molecule has 1 aromatic heterocycles. The summed E-state index contributed by atoms with van der Waals surface area (Å²) in [4.78, 5) is 10.0. The molecule has 1 fully saturated rings. The third-order valence-corrected chi connectivity index (χ3v) is 5.58. The maximum atomic E-state index is 4.34. The highest BCUT2D eigenvalue weighted by molar-refractivity contribution is 8.01. The minimum absolute atomic E-state index is 0.319. The quantitative estimate of drug-likeness (QED) is 0.601. The van der Waals surface area contributed by atoms with E-state index in [-0.39, 0.29) is 0 Å². The van der Waals surface area contributed by atoms with Crippen LogP contribution in [0.2, 0.25) is 0 Å². The number of rotatable bonds is 7. The molecular weight excluding hydrogens is 316 g/mol. The molecule has 2 N–H and O–H groups in total. The predicted octanol–water partition coefficient (Wildman–Crippen LogP) is 3.11. The zero-order valence-corrected chi connectivity index (χ0v) is 14.9. The molecule has 0 amide bonds. The van der Waals surface area contributed by atoms with E-state index in [2.05, 4.69) is 50.9 Å². The van der Waals surface area contributed by atoms with Crippen LogP contribution >= 0.6 is 11.8 Å². The number of benzene rings is 1. The Kier molecular flexibility index (Phi) is 5.75. The molecule has 0 unspecified atom stereocenters. The summed E-state index contributed by atoms with van der Waals surface area (Å²) in [6.07, 6.45) is 5.24. The second kappa shape index (κ2) is 8.20. The molecule has 1 aromatic carbocycles. The fourth-order valence-corrected chi connectivity index (χ4v) is 3.76. The highest BCUT2D eigenvalue weighted by atomic mass is 32.2. The van der Waals surface area contributed by atoms with Crippen molar-refractivity contribution in [3.8, 4) is 0 Å². The van der Waals surface area contributed by atoms with Gasteiger partial charge >= 0.3 is 0 Å². The van der Waals surface area contributed by atoms with Crippen molar-refractivity contribution in [1.29, 1.82) is 0 Å². The summed E-state index contributed by atoms with van der Waals surface area (Å²) < 4.78 is 0.319. The topological polar surface area (TPSA) is 49.3 Å². The highest BCUT2D eigenvalue weighted by Crippen LogP contribution is 2.51. The number of guanidine groups is 1. The summed E-state index contributed by atoms with van der Waals surface area (Å²) in [5.41, 5.74) is 1.10. The van der Waals surface area contributed by atoms with Gasteiger partial charge in [0.1, 0.15) is 0 Å². The fourth-order valence-electron chi connectivity index (χ4n) is 2.51. The van der Waals surface area contributed by atoms with Gasteiger partial charge in [-0.05, 0) is 37.1 Å². The first kappa shape index (κ1) is 16.8. The van der Waals surface area contributed by atoms with Gasteiger partial charge in [0.2, 0.25) is 0 Å². The van der Waals surface area contributed by atoms with E-state index in [0.29, 0.717) is 4.75 Å². The number of hydrogen-bond acceptors (Lipinski definition) is 3. The van der Waals surface area contributed by atoms with Gasteiger partial charge in [-0.1, -0.05) is 24.3 Å². The van der Waals surface area contributed by atoms with E-state index in [1.165, 1.54) is 17.7 Å². The lowest BCUT2D eigenvalue weighted by atomic mass is 10.3. The minimum atomic E-state index is 0.319. The van der Waals surface area contributed by atoms with Crippen LogP contribution in [0.5, 0.6) is 0 Å². The molecule has 0 atom stereocenters. The fraction of sp³-hybridized carbons (Fsp3) is 0.368. The first-order valence-corrected chi connectivity index (χ1v) is 9.20. The number of aliphatic imine (C=N–C) groups is 1.